The number of piperazine rings is 1. The van der Waals surface area contributed by atoms with E-state index in [-0.39, 0.29) is 35.6 Å². The average molecular weight is 420 g/mol. The number of anilines is 2. The lowest BCUT2D eigenvalue weighted by molar-refractivity contribution is -0.136. The van der Waals surface area contributed by atoms with E-state index in [0.717, 1.165) is 0 Å². The van der Waals surface area contributed by atoms with E-state index in [1.54, 1.807) is 23.1 Å². The Labute approximate surface area is 172 Å². The number of nitrogens with zero attached hydrogens (tertiary/aromatic N) is 3. The summed E-state index contributed by atoms with van der Waals surface area (Å²) in [4.78, 5) is 30.5. The van der Waals surface area contributed by atoms with Crippen LogP contribution in [0.1, 0.15) is 6.42 Å². The minimum Gasteiger partial charge on any atom is -0.366 e. The monoisotopic (exact) mass is 419 g/mol. The van der Waals surface area contributed by atoms with Crippen LogP contribution < -0.4 is 9.80 Å². The van der Waals surface area contributed by atoms with Crippen LogP contribution in [0.2, 0.25) is 5.02 Å². The van der Waals surface area contributed by atoms with Gasteiger partial charge in [-0.1, -0.05) is 23.7 Å². The Morgan fingerprint density at radius 3 is 2.41 bits per heavy atom. The van der Waals surface area contributed by atoms with E-state index in [1.807, 2.05) is 4.90 Å². The highest BCUT2D eigenvalue weighted by Gasteiger charge is 2.38. The molecule has 0 aromatic heterocycles. The maximum absolute atomic E-state index is 14.0. The van der Waals surface area contributed by atoms with Gasteiger partial charge in [-0.25, -0.2) is 8.78 Å². The fourth-order valence-corrected chi connectivity index (χ4v) is 4.08. The molecule has 2 aromatic rings. The van der Waals surface area contributed by atoms with E-state index >= 15 is 0 Å². The minimum absolute atomic E-state index is 0.0608. The van der Waals surface area contributed by atoms with Crippen molar-refractivity contribution in [3.05, 3.63) is 59.1 Å². The van der Waals surface area contributed by atoms with E-state index in [4.69, 9.17) is 11.6 Å². The van der Waals surface area contributed by atoms with E-state index < -0.39 is 11.7 Å². The van der Waals surface area contributed by atoms with E-state index in [2.05, 4.69) is 0 Å². The Hall–Kier alpha value is -2.67. The van der Waals surface area contributed by atoms with Gasteiger partial charge in [0.2, 0.25) is 11.8 Å². The van der Waals surface area contributed by atoms with Crippen LogP contribution in [0, 0.1) is 17.6 Å². The van der Waals surface area contributed by atoms with Gasteiger partial charge >= 0.3 is 0 Å². The maximum atomic E-state index is 14.0. The summed E-state index contributed by atoms with van der Waals surface area (Å²) in [7, 11) is 0. The lowest BCUT2D eigenvalue weighted by Gasteiger charge is -2.37. The molecule has 0 saturated carbocycles. The second kappa shape index (κ2) is 7.99. The summed E-state index contributed by atoms with van der Waals surface area (Å²) in [5.41, 5.74) is 1.02. The molecule has 1 atom stereocenters. The third-order valence-electron chi connectivity index (χ3n) is 5.47. The van der Waals surface area contributed by atoms with Crippen LogP contribution in [0.4, 0.5) is 20.2 Å². The third-order valence-corrected chi connectivity index (χ3v) is 5.76. The largest absolute Gasteiger partial charge is 0.366 e. The van der Waals surface area contributed by atoms with Crippen molar-refractivity contribution in [2.24, 2.45) is 5.92 Å². The summed E-state index contributed by atoms with van der Waals surface area (Å²) >= 11 is 5.82. The summed E-state index contributed by atoms with van der Waals surface area (Å²) in [6, 6.07) is 10.7. The number of rotatable bonds is 3. The molecular formula is C21H20ClF2N3O2. The van der Waals surface area contributed by atoms with Crippen LogP contribution in [0.15, 0.2) is 42.5 Å². The van der Waals surface area contributed by atoms with Crippen LogP contribution in [-0.2, 0) is 9.59 Å². The van der Waals surface area contributed by atoms with Crippen molar-refractivity contribution < 1.29 is 18.4 Å². The van der Waals surface area contributed by atoms with Gasteiger partial charge in [-0.2, -0.15) is 0 Å². The summed E-state index contributed by atoms with van der Waals surface area (Å²) in [5, 5.41) is -0.0608. The highest BCUT2D eigenvalue weighted by molar-refractivity contribution is 6.31. The van der Waals surface area contributed by atoms with Crippen LogP contribution in [0.5, 0.6) is 0 Å². The minimum atomic E-state index is -0.553. The Balaban J connectivity index is 1.39. The summed E-state index contributed by atoms with van der Waals surface area (Å²) in [6.07, 6.45) is 0.112. The number of halogens is 3. The topological polar surface area (TPSA) is 43.9 Å². The number of para-hydroxylation sites is 1. The molecule has 2 aliphatic heterocycles. The van der Waals surface area contributed by atoms with E-state index in [9.17, 15) is 18.4 Å². The molecule has 2 amide bonds. The van der Waals surface area contributed by atoms with Crippen LogP contribution >= 0.6 is 11.6 Å². The number of amides is 2. The van der Waals surface area contributed by atoms with Crippen molar-refractivity contribution in [3.63, 3.8) is 0 Å². The molecule has 29 heavy (non-hydrogen) atoms. The van der Waals surface area contributed by atoms with E-state index in [0.29, 0.717) is 37.6 Å². The zero-order chi connectivity index (χ0) is 20.5. The predicted molar refractivity (Wildman–Crippen MR) is 107 cm³/mol. The highest BCUT2D eigenvalue weighted by Crippen LogP contribution is 2.30. The third kappa shape index (κ3) is 3.92. The van der Waals surface area contributed by atoms with Gasteiger partial charge in [0.1, 0.15) is 11.6 Å². The molecule has 2 fully saturated rings. The normalized spacial score (nSPS) is 19.8. The molecule has 2 heterocycles. The fourth-order valence-electron chi connectivity index (χ4n) is 3.91. The van der Waals surface area contributed by atoms with Crippen molar-refractivity contribution in [2.75, 3.05) is 42.5 Å². The van der Waals surface area contributed by atoms with Crippen molar-refractivity contribution in [1.82, 2.24) is 4.90 Å². The van der Waals surface area contributed by atoms with Gasteiger partial charge in [0.05, 0.1) is 16.6 Å². The van der Waals surface area contributed by atoms with E-state index in [1.165, 1.54) is 29.2 Å². The second-order valence-corrected chi connectivity index (χ2v) is 7.67. The van der Waals surface area contributed by atoms with Crippen molar-refractivity contribution >= 4 is 34.8 Å². The van der Waals surface area contributed by atoms with Crippen molar-refractivity contribution in [1.29, 1.82) is 0 Å². The summed E-state index contributed by atoms with van der Waals surface area (Å²) in [6.45, 7) is 2.25. The molecule has 2 aromatic carbocycles. The Morgan fingerprint density at radius 1 is 1.00 bits per heavy atom. The standard InChI is InChI=1S/C21H20ClF2N3O2/c22-16-12-15(5-6-17(16)23)27-13-14(11-20(27)28)21(29)26-9-7-25(8-10-26)19-4-2-1-3-18(19)24/h1-6,12,14H,7-11,13H2/t14-/m1/s1. The highest BCUT2D eigenvalue weighted by atomic mass is 35.5. The number of carbonyl (C=O) groups is 2. The van der Waals surface area contributed by atoms with Gasteiger partial charge < -0.3 is 14.7 Å². The number of hydrogen-bond donors (Lipinski definition) is 0. The van der Waals surface area contributed by atoms with Gasteiger partial charge in [-0.15, -0.1) is 0 Å². The van der Waals surface area contributed by atoms with Crippen LogP contribution in [0.25, 0.3) is 0 Å². The molecule has 2 aliphatic rings. The molecule has 0 unspecified atom stereocenters. The first-order chi connectivity index (χ1) is 13.9. The van der Waals surface area contributed by atoms with Gasteiger partial charge in [0.25, 0.3) is 0 Å². The van der Waals surface area contributed by atoms with Crippen molar-refractivity contribution in [3.8, 4) is 0 Å². The molecule has 8 heteroatoms. The lowest BCUT2D eigenvalue weighted by Crippen LogP contribution is -2.51. The predicted octanol–water partition coefficient (Wildman–Crippen LogP) is 3.32. The first-order valence-corrected chi connectivity index (χ1v) is 9.85. The molecule has 0 radical (unpaired) electrons. The Morgan fingerprint density at radius 2 is 1.72 bits per heavy atom. The van der Waals surface area contributed by atoms with Crippen molar-refractivity contribution in [2.45, 2.75) is 6.42 Å². The SMILES string of the molecule is O=C([C@@H]1CC(=O)N(c2ccc(F)c(Cl)c2)C1)N1CCN(c2ccccc2F)CC1. The maximum Gasteiger partial charge on any atom is 0.228 e. The Bertz CT molecular complexity index is 947. The smallest absolute Gasteiger partial charge is 0.228 e. The molecular weight excluding hydrogens is 400 g/mol. The summed E-state index contributed by atoms with van der Waals surface area (Å²) in [5.74, 6) is -1.55. The first kappa shape index (κ1) is 19.6. The molecule has 0 spiro atoms. The second-order valence-electron chi connectivity index (χ2n) is 7.27. The van der Waals surface area contributed by atoms with Crippen LogP contribution in [-0.4, -0.2) is 49.4 Å². The summed E-state index contributed by atoms with van der Waals surface area (Å²) < 4.78 is 27.4. The molecule has 0 aliphatic carbocycles. The van der Waals surface area contributed by atoms with Gasteiger partial charge in [0.15, 0.2) is 0 Å². The molecule has 2 saturated heterocycles. The quantitative estimate of drug-likeness (QED) is 0.766. The number of hydrogen-bond acceptors (Lipinski definition) is 3. The number of carbonyl (C=O) groups excluding carboxylic acids is 2. The molecule has 152 valence electrons. The average Bonchev–Trinajstić information content (AvgIpc) is 3.12. The molecule has 0 bridgehead atoms. The zero-order valence-electron chi connectivity index (χ0n) is 15.7. The first-order valence-electron chi connectivity index (χ1n) is 9.47. The Kier molecular flexibility index (Phi) is 5.41. The van der Waals surface area contributed by atoms with Crippen LogP contribution in [0.3, 0.4) is 0 Å². The van der Waals surface area contributed by atoms with Gasteiger partial charge in [0, 0.05) is 44.8 Å². The van der Waals surface area contributed by atoms with Gasteiger partial charge in [-0.05, 0) is 30.3 Å². The van der Waals surface area contributed by atoms with Gasteiger partial charge in [-0.3, -0.25) is 9.59 Å². The molecule has 5 nitrogen and oxygen atoms in total. The number of benzene rings is 2. The fraction of sp³-hybridized carbons (Fsp3) is 0.333. The molecule has 4 rings (SSSR count). The zero-order valence-corrected chi connectivity index (χ0v) is 16.4. The molecule has 0 N–H and O–H groups in total. The lowest BCUT2D eigenvalue weighted by atomic mass is 10.1.